The lowest BCUT2D eigenvalue weighted by Gasteiger charge is -2.15. The molecule has 0 fully saturated rings. The number of pyridine rings is 1. The summed E-state index contributed by atoms with van der Waals surface area (Å²) in [5.74, 6) is 6.51. The van der Waals surface area contributed by atoms with Crippen molar-refractivity contribution >= 4 is 34.0 Å². The summed E-state index contributed by atoms with van der Waals surface area (Å²) in [4.78, 5) is 12.6. The monoisotopic (exact) mass is 511 g/mol. The van der Waals surface area contributed by atoms with E-state index in [1.54, 1.807) is 23.0 Å². The molecule has 3 aromatic heterocycles. The Kier molecular flexibility index (Phi) is 7.16. The molecule has 0 spiro atoms. The second kappa shape index (κ2) is 10.3. The van der Waals surface area contributed by atoms with Crippen LogP contribution in [0.3, 0.4) is 0 Å². The fourth-order valence-electron chi connectivity index (χ4n) is 3.62. The van der Waals surface area contributed by atoms with Gasteiger partial charge in [-0.2, -0.15) is 23.4 Å². The fraction of sp³-hybridized carbons (Fsp3) is 0.250. The Bertz CT molecular complexity index is 1480. The third-order valence-corrected chi connectivity index (χ3v) is 5.42. The van der Waals surface area contributed by atoms with Gasteiger partial charge in [-0.3, -0.25) is 9.56 Å². The number of alkyl halides is 3. The Morgan fingerprint density at radius 1 is 1.16 bits per heavy atom. The van der Waals surface area contributed by atoms with Crippen LogP contribution < -0.4 is 11.2 Å². The number of hydrogen-bond donors (Lipinski definition) is 3. The number of hydrazone groups is 1. The van der Waals surface area contributed by atoms with Gasteiger partial charge in [0.15, 0.2) is 5.82 Å². The van der Waals surface area contributed by atoms with Crippen molar-refractivity contribution in [3.8, 4) is 5.82 Å². The SMILES string of the molecule is CC(=NCC(F)(F)F)/C(=N\N)c1nc(-n2cnc3cc(Nc4ccc(C)nn4)ccc32)ccc1C(C)O. The van der Waals surface area contributed by atoms with Crippen LogP contribution in [-0.2, 0) is 0 Å². The summed E-state index contributed by atoms with van der Waals surface area (Å²) in [6.45, 7) is 3.33. The largest absolute Gasteiger partial charge is 0.407 e. The first kappa shape index (κ1) is 25.7. The zero-order valence-electron chi connectivity index (χ0n) is 20.2. The smallest absolute Gasteiger partial charge is 0.389 e. The number of benzene rings is 1. The lowest BCUT2D eigenvalue weighted by molar-refractivity contribution is -0.118. The van der Waals surface area contributed by atoms with Gasteiger partial charge in [0, 0.05) is 11.3 Å². The van der Waals surface area contributed by atoms with Crippen molar-refractivity contribution in [3.05, 3.63) is 65.7 Å². The van der Waals surface area contributed by atoms with Crippen molar-refractivity contribution in [1.82, 2.24) is 24.7 Å². The fourth-order valence-corrected chi connectivity index (χ4v) is 3.62. The van der Waals surface area contributed by atoms with Gasteiger partial charge >= 0.3 is 6.18 Å². The number of halogens is 3. The van der Waals surface area contributed by atoms with Crippen molar-refractivity contribution in [3.63, 3.8) is 0 Å². The number of imidazole rings is 1. The standard InChI is InChI=1S/C24H24F3N9O/c1-13-4-8-20(35-34-13)31-16-5-7-19-18(10-16)30-12-36(19)21-9-6-17(15(3)37)23(32-21)22(33-28)14(2)29-11-24(25,26)27/h4-10,12,15,37H,11,28H2,1-3H3,(H,31,35)/b29-14?,33-22+. The number of nitrogens with two attached hydrogens (primary N) is 1. The highest BCUT2D eigenvalue weighted by Gasteiger charge is 2.27. The van der Waals surface area contributed by atoms with E-state index in [2.05, 4.69) is 35.6 Å². The number of nitrogens with one attached hydrogen (secondary N) is 1. The third kappa shape index (κ3) is 5.89. The van der Waals surface area contributed by atoms with Gasteiger partial charge in [0.2, 0.25) is 0 Å². The summed E-state index contributed by atoms with van der Waals surface area (Å²) in [6, 6.07) is 12.4. The first-order valence-corrected chi connectivity index (χ1v) is 11.2. The van der Waals surface area contributed by atoms with E-state index in [-0.39, 0.29) is 17.1 Å². The van der Waals surface area contributed by atoms with Crippen molar-refractivity contribution in [2.24, 2.45) is 15.9 Å². The predicted octanol–water partition coefficient (Wildman–Crippen LogP) is 4.00. The van der Waals surface area contributed by atoms with Gasteiger partial charge in [-0.25, -0.2) is 9.97 Å². The molecule has 0 radical (unpaired) electrons. The number of rotatable bonds is 7. The highest BCUT2D eigenvalue weighted by molar-refractivity contribution is 6.47. The van der Waals surface area contributed by atoms with Gasteiger partial charge in [-0.15, -0.1) is 5.10 Å². The van der Waals surface area contributed by atoms with E-state index >= 15 is 0 Å². The van der Waals surface area contributed by atoms with Gasteiger partial charge in [-0.05, 0) is 57.2 Å². The Morgan fingerprint density at radius 3 is 2.59 bits per heavy atom. The Labute approximate surface area is 209 Å². The van der Waals surface area contributed by atoms with Crippen LogP contribution in [0.5, 0.6) is 0 Å². The normalized spacial score (nSPS) is 13.7. The summed E-state index contributed by atoms with van der Waals surface area (Å²) in [5.41, 5.74) is 3.28. The molecular weight excluding hydrogens is 487 g/mol. The number of fused-ring (bicyclic) bond motifs is 1. The van der Waals surface area contributed by atoms with E-state index in [1.165, 1.54) is 13.8 Å². The molecule has 1 unspecified atom stereocenters. The molecule has 0 saturated heterocycles. The molecule has 0 aliphatic carbocycles. The summed E-state index contributed by atoms with van der Waals surface area (Å²) in [7, 11) is 0. The first-order chi connectivity index (χ1) is 17.6. The number of nitrogens with zero attached hydrogens (tertiary/aromatic N) is 7. The van der Waals surface area contributed by atoms with Crippen LogP contribution in [0.4, 0.5) is 24.7 Å². The van der Waals surface area contributed by atoms with Crippen molar-refractivity contribution in [2.45, 2.75) is 33.1 Å². The quantitative estimate of drug-likeness (QED) is 0.194. The molecule has 1 atom stereocenters. The molecule has 3 heterocycles. The number of aliphatic hydroxyl groups excluding tert-OH is 1. The van der Waals surface area contributed by atoms with Gasteiger partial charge in [-0.1, -0.05) is 6.07 Å². The molecule has 13 heteroatoms. The number of aliphatic imine (C=N–C) groups is 1. The van der Waals surface area contributed by atoms with Crippen LogP contribution in [0.1, 0.15) is 36.9 Å². The van der Waals surface area contributed by atoms with E-state index in [0.717, 1.165) is 16.9 Å². The maximum atomic E-state index is 12.7. The molecule has 4 rings (SSSR count). The highest BCUT2D eigenvalue weighted by Crippen LogP contribution is 2.25. The third-order valence-electron chi connectivity index (χ3n) is 5.42. The Balaban J connectivity index is 1.71. The summed E-state index contributed by atoms with van der Waals surface area (Å²) >= 11 is 0. The summed E-state index contributed by atoms with van der Waals surface area (Å²) < 4.78 is 39.8. The molecule has 0 saturated carbocycles. The van der Waals surface area contributed by atoms with E-state index in [1.807, 2.05) is 37.3 Å². The maximum Gasteiger partial charge on any atom is 0.407 e. The minimum Gasteiger partial charge on any atom is -0.389 e. The second-order valence-corrected chi connectivity index (χ2v) is 8.28. The lowest BCUT2D eigenvalue weighted by atomic mass is 10.0. The topological polar surface area (TPSA) is 139 Å². The number of aryl methyl sites for hydroxylation is 1. The van der Waals surface area contributed by atoms with Crippen molar-refractivity contribution < 1.29 is 18.3 Å². The van der Waals surface area contributed by atoms with Crippen LogP contribution in [0, 0.1) is 6.92 Å². The van der Waals surface area contributed by atoms with Crippen molar-refractivity contribution in [2.75, 3.05) is 11.9 Å². The Hall–Kier alpha value is -4.39. The number of aromatic nitrogens is 5. The van der Waals surface area contributed by atoms with Crippen LogP contribution in [-0.4, -0.2) is 54.0 Å². The molecule has 0 aliphatic rings. The number of aliphatic hydroxyl groups is 1. The summed E-state index contributed by atoms with van der Waals surface area (Å²) in [5, 5.41) is 25.2. The number of anilines is 2. The van der Waals surface area contributed by atoms with Gasteiger partial charge < -0.3 is 16.3 Å². The molecule has 0 bridgehead atoms. The van der Waals surface area contributed by atoms with Gasteiger partial charge in [0.05, 0.1) is 28.5 Å². The first-order valence-electron chi connectivity index (χ1n) is 11.2. The molecule has 4 aromatic rings. The second-order valence-electron chi connectivity index (χ2n) is 8.28. The molecule has 1 aromatic carbocycles. The Morgan fingerprint density at radius 2 is 1.95 bits per heavy atom. The van der Waals surface area contributed by atoms with Gasteiger partial charge in [0.1, 0.15) is 30.1 Å². The molecule has 0 amide bonds. The van der Waals surface area contributed by atoms with Crippen LogP contribution in [0.15, 0.2) is 58.9 Å². The zero-order valence-corrected chi connectivity index (χ0v) is 20.2. The van der Waals surface area contributed by atoms with Crippen LogP contribution >= 0.6 is 0 Å². The average Bonchev–Trinajstić information content (AvgIpc) is 3.27. The zero-order chi connectivity index (χ0) is 26.7. The molecule has 10 nitrogen and oxygen atoms in total. The molecular formula is C24H24F3N9O. The minimum atomic E-state index is -4.49. The van der Waals surface area contributed by atoms with E-state index in [0.29, 0.717) is 22.7 Å². The predicted molar refractivity (Wildman–Crippen MR) is 134 cm³/mol. The lowest BCUT2D eigenvalue weighted by Crippen LogP contribution is -2.22. The van der Waals surface area contributed by atoms with Gasteiger partial charge in [0.25, 0.3) is 0 Å². The van der Waals surface area contributed by atoms with Crippen LogP contribution in [0.25, 0.3) is 16.9 Å². The van der Waals surface area contributed by atoms with E-state index in [9.17, 15) is 18.3 Å². The summed E-state index contributed by atoms with van der Waals surface area (Å²) in [6.07, 6.45) is -3.90. The molecule has 192 valence electrons. The van der Waals surface area contributed by atoms with E-state index in [4.69, 9.17) is 5.84 Å². The molecule has 4 N–H and O–H groups in total. The number of hydrogen-bond acceptors (Lipinski definition) is 9. The minimum absolute atomic E-state index is 0.0582. The highest BCUT2D eigenvalue weighted by atomic mass is 19.4. The van der Waals surface area contributed by atoms with Crippen LogP contribution in [0.2, 0.25) is 0 Å². The molecule has 37 heavy (non-hydrogen) atoms. The molecule has 0 aliphatic heterocycles. The van der Waals surface area contributed by atoms with Crippen molar-refractivity contribution in [1.29, 1.82) is 0 Å². The van der Waals surface area contributed by atoms with E-state index < -0.39 is 18.8 Å². The maximum absolute atomic E-state index is 12.7. The average molecular weight is 512 g/mol.